The Bertz CT molecular complexity index is 246. The molecule has 0 aromatic carbocycles. The molecule has 0 atom stereocenters. The zero-order valence-electron chi connectivity index (χ0n) is 9.71. The van der Waals surface area contributed by atoms with Crippen molar-refractivity contribution in [2.75, 3.05) is 6.54 Å². The first-order chi connectivity index (χ1) is 7.26. The predicted molar refractivity (Wildman–Crippen MR) is 59.6 cm³/mol. The van der Waals surface area contributed by atoms with Crippen molar-refractivity contribution in [3.05, 3.63) is 12.2 Å². The number of H-pyrrole nitrogens is 1. The molecule has 1 aromatic heterocycles. The molecule has 15 heavy (non-hydrogen) atoms. The quantitative estimate of drug-likeness (QED) is 0.747. The Morgan fingerprint density at radius 3 is 2.60 bits per heavy atom. The van der Waals surface area contributed by atoms with Crippen LogP contribution >= 0.6 is 0 Å². The molecule has 5 heteroatoms. The van der Waals surface area contributed by atoms with Gasteiger partial charge in [-0.15, -0.1) is 0 Å². The van der Waals surface area contributed by atoms with E-state index in [1.54, 1.807) is 0 Å². The summed E-state index contributed by atoms with van der Waals surface area (Å²) in [6, 6.07) is 0. The van der Waals surface area contributed by atoms with Gasteiger partial charge < -0.3 is 5.32 Å². The van der Waals surface area contributed by atoms with E-state index in [-0.39, 0.29) is 11.7 Å². The second kappa shape index (κ2) is 9.18. The summed E-state index contributed by atoms with van der Waals surface area (Å²) in [5.74, 6) is 0.0760. The first-order valence-electron chi connectivity index (χ1n) is 5.39. The second-order valence-electron chi connectivity index (χ2n) is 3.15. The first kappa shape index (κ1) is 13.6. The van der Waals surface area contributed by atoms with Crippen LogP contribution in [0.3, 0.4) is 0 Å². The summed E-state index contributed by atoms with van der Waals surface area (Å²) < 4.78 is 0. The van der Waals surface area contributed by atoms with Gasteiger partial charge in [0.25, 0.3) is 5.91 Å². The van der Waals surface area contributed by atoms with Crippen molar-refractivity contribution in [1.29, 1.82) is 0 Å². The molecule has 0 fully saturated rings. The molecule has 0 aliphatic rings. The number of amides is 1. The normalized spacial score (nSPS) is 9.00. The number of aromatic nitrogens is 3. The van der Waals surface area contributed by atoms with Crippen LogP contribution in [0.25, 0.3) is 0 Å². The van der Waals surface area contributed by atoms with E-state index < -0.39 is 0 Å². The molecule has 86 valence electrons. The van der Waals surface area contributed by atoms with Crippen LogP contribution in [0.15, 0.2) is 6.33 Å². The van der Waals surface area contributed by atoms with Crippen molar-refractivity contribution in [3.8, 4) is 0 Å². The Morgan fingerprint density at radius 2 is 2.13 bits per heavy atom. The topological polar surface area (TPSA) is 70.7 Å². The van der Waals surface area contributed by atoms with E-state index in [0.717, 1.165) is 12.8 Å². The van der Waals surface area contributed by atoms with Gasteiger partial charge in [0, 0.05) is 6.54 Å². The van der Waals surface area contributed by atoms with Gasteiger partial charge in [0.2, 0.25) is 5.82 Å². The molecule has 0 spiro atoms. The first-order valence-corrected chi connectivity index (χ1v) is 5.39. The number of nitrogens with zero attached hydrogens (tertiary/aromatic N) is 2. The maximum absolute atomic E-state index is 11.1. The van der Waals surface area contributed by atoms with Gasteiger partial charge in [-0.25, -0.2) is 4.98 Å². The van der Waals surface area contributed by atoms with E-state index >= 15 is 0 Å². The monoisotopic (exact) mass is 212 g/mol. The molecule has 1 aromatic rings. The van der Waals surface area contributed by atoms with Gasteiger partial charge in [-0.05, 0) is 6.42 Å². The third kappa shape index (κ3) is 6.65. The van der Waals surface area contributed by atoms with Gasteiger partial charge in [-0.2, -0.15) is 5.10 Å². The van der Waals surface area contributed by atoms with E-state index in [9.17, 15) is 4.79 Å². The smallest absolute Gasteiger partial charge is 0.288 e. The van der Waals surface area contributed by atoms with E-state index in [1.807, 2.05) is 0 Å². The van der Waals surface area contributed by atoms with Gasteiger partial charge in [0.05, 0.1) is 0 Å². The minimum absolute atomic E-state index is 0.194. The van der Waals surface area contributed by atoms with Crippen molar-refractivity contribution in [1.82, 2.24) is 20.5 Å². The summed E-state index contributed by atoms with van der Waals surface area (Å²) in [6.45, 7) is 7.01. The molecule has 0 saturated heterocycles. The minimum Gasteiger partial charge on any atom is -0.349 e. The van der Waals surface area contributed by atoms with E-state index in [1.165, 1.54) is 12.7 Å². The number of unbranched alkanes of at least 4 members (excludes halogenated alkanes) is 1. The summed E-state index contributed by atoms with van der Waals surface area (Å²) >= 11 is 0. The van der Waals surface area contributed by atoms with Crippen molar-refractivity contribution in [2.24, 2.45) is 0 Å². The third-order valence-electron chi connectivity index (χ3n) is 1.45. The van der Waals surface area contributed by atoms with E-state index in [2.05, 4.69) is 41.3 Å². The second-order valence-corrected chi connectivity index (χ2v) is 3.15. The van der Waals surface area contributed by atoms with Gasteiger partial charge in [0.15, 0.2) is 0 Å². The lowest BCUT2D eigenvalue weighted by Crippen LogP contribution is -2.25. The predicted octanol–water partition coefficient (Wildman–Crippen LogP) is 1.75. The number of hydrogen-bond acceptors (Lipinski definition) is 3. The maximum atomic E-state index is 11.1. The highest BCUT2D eigenvalue weighted by Crippen LogP contribution is 1.87. The van der Waals surface area contributed by atoms with Crippen LogP contribution in [0.5, 0.6) is 0 Å². The number of carbonyl (C=O) groups excluding carboxylic acids is 1. The lowest BCUT2D eigenvalue weighted by atomic mass is 10.3. The van der Waals surface area contributed by atoms with Crippen molar-refractivity contribution in [3.63, 3.8) is 0 Å². The van der Waals surface area contributed by atoms with Crippen LogP contribution in [-0.2, 0) is 0 Å². The number of aromatic amines is 1. The van der Waals surface area contributed by atoms with Crippen molar-refractivity contribution >= 4 is 5.91 Å². The van der Waals surface area contributed by atoms with Crippen LogP contribution in [0.2, 0.25) is 0 Å². The summed E-state index contributed by atoms with van der Waals surface area (Å²) in [5, 5.41) is 8.78. The highest BCUT2D eigenvalue weighted by molar-refractivity contribution is 5.90. The molecule has 0 radical (unpaired) electrons. The Balaban J connectivity index is 0.000000583. The Morgan fingerprint density at radius 1 is 1.47 bits per heavy atom. The fraction of sp³-hybridized carbons (Fsp3) is 0.700. The Labute approximate surface area is 90.7 Å². The molecular weight excluding hydrogens is 192 g/mol. The lowest BCUT2D eigenvalue weighted by molar-refractivity contribution is 0.0943. The molecule has 2 N–H and O–H groups in total. The van der Waals surface area contributed by atoms with E-state index in [0.29, 0.717) is 6.54 Å². The SMILES string of the molecule is CCC.CCCCNC(=O)c1ncn[nH]1. The highest BCUT2D eigenvalue weighted by Gasteiger charge is 2.05. The zero-order valence-corrected chi connectivity index (χ0v) is 9.71. The van der Waals surface area contributed by atoms with Crippen LogP contribution < -0.4 is 5.32 Å². The van der Waals surface area contributed by atoms with Crippen LogP contribution in [-0.4, -0.2) is 27.6 Å². The molecule has 5 nitrogen and oxygen atoms in total. The average Bonchev–Trinajstić information content (AvgIpc) is 2.72. The zero-order chi connectivity index (χ0) is 11.5. The molecule has 1 heterocycles. The molecule has 0 unspecified atom stereocenters. The minimum atomic E-state index is -0.194. The lowest BCUT2D eigenvalue weighted by Gasteiger charge is -1.99. The van der Waals surface area contributed by atoms with E-state index in [4.69, 9.17) is 0 Å². The summed E-state index contributed by atoms with van der Waals surface area (Å²) in [5.41, 5.74) is 0. The average molecular weight is 212 g/mol. The number of carbonyl (C=O) groups is 1. The van der Waals surface area contributed by atoms with Gasteiger partial charge in [0.1, 0.15) is 6.33 Å². The largest absolute Gasteiger partial charge is 0.349 e. The highest BCUT2D eigenvalue weighted by atomic mass is 16.2. The molecular formula is C10H20N4O. The molecule has 0 aliphatic carbocycles. The van der Waals surface area contributed by atoms with Crippen molar-refractivity contribution < 1.29 is 4.79 Å². The molecule has 1 amide bonds. The van der Waals surface area contributed by atoms with Crippen LogP contribution in [0.1, 0.15) is 50.7 Å². The molecule has 0 aliphatic heterocycles. The summed E-state index contributed by atoms with van der Waals surface area (Å²) in [4.78, 5) is 14.9. The number of hydrogen-bond donors (Lipinski definition) is 2. The van der Waals surface area contributed by atoms with Gasteiger partial charge >= 0.3 is 0 Å². The Kier molecular flexibility index (Phi) is 8.33. The van der Waals surface area contributed by atoms with Crippen LogP contribution in [0, 0.1) is 0 Å². The summed E-state index contributed by atoms with van der Waals surface area (Å²) in [6.07, 6.45) is 4.62. The maximum Gasteiger partial charge on any atom is 0.288 e. The van der Waals surface area contributed by atoms with Gasteiger partial charge in [-0.3, -0.25) is 9.89 Å². The summed E-state index contributed by atoms with van der Waals surface area (Å²) in [7, 11) is 0. The number of nitrogens with one attached hydrogen (secondary N) is 2. The third-order valence-corrected chi connectivity index (χ3v) is 1.45. The standard InChI is InChI=1S/C7H12N4O.C3H8/c1-2-3-4-8-7(12)6-9-5-10-11-6;1-3-2/h5H,2-4H2,1H3,(H,8,12)(H,9,10,11);3H2,1-2H3. The fourth-order valence-corrected chi connectivity index (χ4v) is 0.777. The molecule has 0 saturated carbocycles. The van der Waals surface area contributed by atoms with Crippen molar-refractivity contribution in [2.45, 2.75) is 40.0 Å². The molecule has 0 bridgehead atoms. The van der Waals surface area contributed by atoms with Gasteiger partial charge in [-0.1, -0.05) is 33.6 Å². The molecule has 1 rings (SSSR count). The fourth-order valence-electron chi connectivity index (χ4n) is 0.777. The number of rotatable bonds is 4. The Hall–Kier alpha value is -1.39. The van der Waals surface area contributed by atoms with Crippen LogP contribution in [0.4, 0.5) is 0 Å².